The van der Waals surface area contributed by atoms with Crippen molar-refractivity contribution in [3.8, 4) is 0 Å². The number of rotatable bonds is 4. The van der Waals surface area contributed by atoms with Gasteiger partial charge in [-0.1, -0.05) is 6.92 Å². The molecule has 0 saturated heterocycles. The summed E-state index contributed by atoms with van der Waals surface area (Å²) in [5.74, 6) is -0.671. The molecule has 1 amide bonds. The molecule has 1 saturated carbocycles. The molecule has 0 aromatic heterocycles. The van der Waals surface area contributed by atoms with Crippen LogP contribution in [0.5, 0.6) is 0 Å². The van der Waals surface area contributed by atoms with E-state index >= 15 is 0 Å². The van der Waals surface area contributed by atoms with Gasteiger partial charge < -0.3 is 11.1 Å². The first-order chi connectivity index (χ1) is 7.87. The molecule has 17 heavy (non-hydrogen) atoms. The second kappa shape index (κ2) is 3.72. The number of anilines is 1. The lowest BCUT2D eigenvalue weighted by atomic mass is 9.83. The van der Waals surface area contributed by atoms with Crippen molar-refractivity contribution >= 4 is 11.6 Å². The zero-order valence-electron chi connectivity index (χ0n) is 10.1. The number of nitrogens with one attached hydrogen (secondary N) is 1. The van der Waals surface area contributed by atoms with Gasteiger partial charge in [0.1, 0.15) is 11.4 Å². The normalized spacial score (nSPS) is 20.4. The maximum Gasteiger partial charge on any atom is 0.243 e. The Balaban J connectivity index is 2.25. The molecule has 0 spiro atoms. The minimum Gasteiger partial charge on any atom is -0.371 e. The van der Waals surface area contributed by atoms with Gasteiger partial charge in [-0.25, -0.2) is 4.39 Å². The monoisotopic (exact) mass is 236 g/mol. The van der Waals surface area contributed by atoms with Crippen LogP contribution in [0.3, 0.4) is 0 Å². The molecule has 1 aromatic carbocycles. The molecular formula is C13H17FN2O. The molecule has 4 heteroatoms. The summed E-state index contributed by atoms with van der Waals surface area (Å²) < 4.78 is 12.8. The van der Waals surface area contributed by atoms with E-state index in [4.69, 9.17) is 5.73 Å². The molecule has 0 radical (unpaired) electrons. The molecule has 1 fully saturated rings. The third-order valence-electron chi connectivity index (χ3n) is 3.94. The second-order valence-corrected chi connectivity index (χ2v) is 5.18. The molecule has 1 aliphatic carbocycles. The Morgan fingerprint density at radius 2 is 1.94 bits per heavy atom. The van der Waals surface area contributed by atoms with Crippen molar-refractivity contribution in [3.05, 3.63) is 30.1 Å². The van der Waals surface area contributed by atoms with Crippen LogP contribution in [-0.2, 0) is 4.79 Å². The quantitative estimate of drug-likeness (QED) is 0.842. The Labute approximate surface area is 100 Å². The zero-order chi connectivity index (χ0) is 12.7. The molecule has 1 atom stereocenters. The molecule has 1 aliphatic rings. The highest BCUT2D eigenvalue weighted by molar-refractivity contribution is 5.89. The van der Waals surface area contributed by atoms with Gasteiger partial charge in [0, 0.05) is 5.69 Å². The Morgan fingerprint density at radius 1 is 1.41 bits per heavy atom. The van der Waals surface area contributed by atoms with Crippen LogP contribution < -0.4 is 11.1 Å². The fourth-order valence-corrected chi connectivity index (χ4v) is 2.02. The Morgan fingerprint density at radius 3 is 2.35 bits per heavy atom. The first kappa shape index (κ1) is 11.9. The fourth-order valence-electron chi connectivity index (χ4n) is 2.02. The number of carbonyl (C=O) groups excluding carboxylic acids is 1. The van der Waals surface area contributed by atoms with Gasteiger partial charge in [-0.2, -0.15) is 0 Å². The minimum atomic E-state index is -0.787. The first-order valence-corrected chi connectivity index (χ1v) is 5.71. The van der Waals surface area contributed by atoms with Crippen LogP contribution in [0.15, 0.2) is 24.3 Å². The Bertz CT molecular complexity index is 439. The summed E-state index contributed by atoms with van der Waals surface area (Å²) in [5, 5.41) is 3.14. The van der Waals surface area contributed by atoms with Gasteiger partial charge in [0.2, 0.25) is 5.91 Å². The number of carbonyl (C=O) groups is 1. The number of benzene rings is 1. The van der Waals surface area contributed by atoms with Gasteiger partial charge in [-0.05, 0) is 49.4 Å². The number of amides is 1. The summed E-state index contributed by atoms with van der Waals surface area (Å²) in [6.45, 7) is 3.85. The number of hydrogen-bond acceptors (Lipinski definition) is 2. The standard InChI is InChI=1S/C13H17FN2O/c1-12(7-8-12)13(2,11(15)17)16-10-5-3-9(14)4-6-10/h3-6,16H,7-8H2,1-2H3,(H2,15,17). The van der Waals surface area contributed by atoms with Crippen LogP contribution in [0.4, 0.5) is 10.1 Å². The van der Waals surface area contributed by atoms with Crippen LogP contribution in [-0.4, -0.2) is 11.4 Å². The predicted molar refractivity (Wildman–Crippen MR) is 65.0 cm³/mol. The third kappa shape index (κ3) is 1.99. The lowest BCUT2D eigenvalue weighted by Crippen LogP contribution is -2.54. The molecule has 1 aromatic rings. The van der Waals surface area contributed by atoms with E-state index in [0.717, 1.165) is 12.8 Å². The summed E-state index contributed by atoms with van der Waals surface area (Å²) in [5.41, 5.74) is 5.32. The van der Waals surface area contributed by atoms with Crippen LogP contribution in [0.25, 0.3) is 0 Å². The maximum absolute atomic E-state index is 12.8. The van der Waals surface area contributed by atoms with Crippen LogP contribution in [0.1, 0.15) is 26.7 Å². The van der Waals surface area contributed by atoms with Crippen LogP contribution in [0, 0.1) is 11.2 Å². The molecule has 1 unspecified atom stereocenters. The SMILES string of the molecule is CC1(C(C)(Nc2ccc(F)cc2)C(N)=O)CC1. The molecule has 2 rings (SSSR count). The summed E-state index contributed by atoms with van der Waals surface area (Å²) in [4.78, 5) is 11.7. The third-order valence-corrected chi connectivity index (χ3v) is 3.94. The summed E-state index contributed by atoms with van der Waals surface area (Å²) >= 11 is 0. The number of nitrogens with two attached hydrogens (primary N) is 1. The summed E-state index contributed by atoms with van der Waals surface area (Å²) in [6, 6.07) is 5.95. The van der Waals surface area contributed by atoms with Crippen molar-refractivity contribution in [2.24, 2.45) is 11.1 Å². The van der Waals surface area contributed by atoms with E-state index in [1.165, 1.54) is 12.1 Å². The summed E-state index contributed by atoms with van der Waals surface area (Å²) in [7, 11) is 0. The maximum atomic E-state index is 12.8. The highest BCUT2D eigenvalue weighted by Gasteiger charge is 2.56. The Hall–Kier alpha value is -1.58. The average Bonchev–Trinajstić information content (AvgIpc) is 3.01. The fraction of sp³-hybridized carbons (Fsp3) is 0.462. The smallest absolute Gasteiger partial charge is 0.243 e. The van der Waals surface area contributed by atoms with Crippen molar-refractivity contribution in [2.45, 2.75) is 32.2 Å². The molecule has 92 valence electrons. The van der Waals surface area contributed by atoms with Gasteiger partial charge in [0.25, 0.3) is 0 Å². The van der Waals surface area contributed by atoms with Gasteiger partial charge in [-0.15, -0.1) is 0 Å². The molecular weight excluding hydrogens is 219 g/mol. The largest absolute Gasteiger partial charge is 0.371 e. The van der Waals surface area contributed by atoms with Crippen molar-refractivity contribution in [2.75, 3.05) is 5.32 Å². The van der Waals surface area contributed by atoms with E-state index < -0.39 is 5.54 Å². The van der Waals surface area contributed by atoms with Crippen LogP contribution >= 0.6 is 0 Å². The van der Waals surface area contributed by atoms with E-state index in [0.29, 0.717) is 5.69 Å². The average molecular weight is 236 g/mol. The van der Waals surface area contributed by atoms with Crippen molar-refractivity contribution in [1.82, 2.24) is 0 Å². The predicted octanol–water partition coefficient (Wildman–Crippen LogP) is 2.28. The zero-order valence-corrected chi connectivity index (χ0v) is 10.1. The van der Waals surface area contributed by atoms with E-state index in [9.17, 15) is 9.18 Å². The molecule has 3 nitrogen and oxygen atoms in total. The Kier molecular flexibility index (Phi) is 2.60. The topological polar surface area (TPSA) is 55.1 Å². The van der Waals surface area contributed by atoms with Crippen LogP contribution in [0.2, 0.25) is 0 Å². The van der Waals surface area contributed by atoms with E-state index in [1.54, 1.807) is 12.1 Å². The molecule has 0 heterocycles. The first-order valence-electron chi connectivity index (χ1n) is 5.71. The summed E-state index contributed by atoms with van der Waals surface area (Å²) in [6.07, 6.45) is 1.95. The van der Waals surface area contributed by atoms with E-state index in [1.807, 2.05) is 13.8 Å². The molecule has 0 aliphatic heterocycles. The van der Waals surface area contributed by atoms with Crippen molar-refractivity contribution < 1.29 is 9.18 Å². The van der Waals surface area contributed by atoms with Crippen molar-refractivity contribution in [1.29, 1.82) is 0 Å². The van der Waals surface area contributed by atoms with E-state index in [2.05, 4.69) is 5.32 Å². The van der Waals surface area contributed by atoms with Gasteiger partial charge in [0.15, 0.2) is 0 Å². The number of primary amides is 1. The minimum absolute atomic E-state index is 0.104. The van der Waals surface area contributed by atoms with Gasteiger partial charge >= 0.3 is 0 Å². The lowest BCUT2D eigenvalue weighted by Gasteiger charge is -2.35. The van der Waals surface area contributed by atoms with Crippen molar-refractivity contribution in [3.63, 3.8) is 0 Å². The van der Waals surface area contributed by atoms with Gasteiger partial charge in [0.05, 0.1) is 0 Å². The highest BCUT2D eigenvalue weighted by Crippen LogP contribution is 2.54. The lowest BCUT2D eigenvalue weighted by molar-refractivity contribution is -0.123. The van der Waals surface area contributed by atoms with E-state index in [-0.39, 0.29) is 17.1 Å². The second-order valence-electron chi connectivity index (χ2n) is 5.18. The molecule has 3 N–H and O–H groups in total. The number of halogens is 1. The highest BCUT2D eigenvalue weighted by atomic mass is 19.1. The van der Waals surface area contributed by atoms with Gasteiger partial charge in [-0.3, -0.25) is 4.79 Å². The molecule has 0 bridgehead atoms. The number of hydrogen-bond donors (Lipinski definition) is 2.